The number of sulfonamides is 1. The highest BCUT2D eigenvalue weighted by molar-refractivity contribution is 7.89. The summed E-state index contributed by atoms with van der Waals surface area (Å²) in [7, 11) is -1.90. The Labute approximate surface area is 146 Å². The summed E-state index contributed by atoms with van der Waals surface area (Å²) in [5.41, 5.74) is 1.03. The first-order valence-corrected chi connectivity index (χ1v) is 9.86. The molecule has 0 spiro atoms. The van der Waals surface area contributed by atoms with Gasteiger partial charge < -0.3 is 10.6 Å². The molecule has 2 aromatic rings. The number of thiophene rings is 1. The second kappa shape index (κ2) is 8.27. The Hall–Kier alpha value is -1.90. The fourth-order valence-electron chi connectivity index (χ4n) is 2.14. The summed E-state index contributed by atoms with van der Waals surface area (Å²) in [5, 5.41) is 11.6. The third-order valence-corrected chi connectivity index (χ3v) is 5.34. The van der Waals surface area contributed by atoms with Crippen LogP contribution < -0.4 is 15.8 Å². The Balaban J connectivity index is 1.79. The van der Waals surface area contributed by atoms with Crippen molar-refractivity contribution in [3.8, 4) is 0 Å². The zero-order valence-electron chi connectivity index (χ0n) is 13.7. The molecular weight excluding hydrogens is 344 g/mol. The number of hydrogen-bond acceptors (Lipinski definition) is 4. The molecule has 0 amide bonds. The Morgan fingerprint density at radius 3 is 2.42 bits per heavy atom. The molecule has 1 aromatic carbocycles. The first-order valence-electron chi connectivity index (χ1n) is 7.50. The van der Waals surface area contributed by atoms with Crippen molar-refractivity contribution >= 4 is 27.3 Å². The van der Waals surface area contributed by atoms with Gasteiger partial charge in [0.15, 0.2) is 5.96 Å². The summed E-state index contributed by atoms with van der Waals surface area (Å²) in [6.07, 6.45) is 0.754. The van der Waals surface area contributed by atoms with Crippen molar-refractivity contribution in [3.05, 3.63) is 51.7 Å². The maximum Gasteiger partial charge on any atom is 0.238 e. The number of hydrogen-bond donors (Lipinski definition) is 3. The Morgan fingerprint density at radius 2 is 1.88 bits per heavy atom. The van der Waals surface area contributed by atoms with Crippen molar-refractivity contribution in [1.29, 1.82) is 0 Å². The summed E-state index contributed by atoms with van der Waals surface area (Å²) in [6, 6.07) is 10.8. The minimum Gasteiger partial charge on any atom is -0.356 e. The zero-order valence-corrected chi connectivity index (χ0v) is 15.4. The topological polar surface area (TPSA) is 96.6 Å². The zero-order chi connectivity index (χ0) is 17.6. The highest BCUT2D eigenvalue weighted by atomic mass is 32.2. The van der Waals surface area contributed by atoms with Crippen LogP contribution in [0.4, 0.5) is 0 Å². The second-order valence-electron chi connectivity index (χ2n) is 5.30. The van der Waals surface area contributed by atoms with Gasteiger partial charge in [0.05, 0.1) is 11.4 Å². The van der Waals surface area contributed by atoms with Crippen LogP contribution in [0.25, 0.3) is 0 Å². The molecule has 6 nitrogen and oxygen atoms in total. The molecule has 0 fully saturated rings. The molecule has 0 saturated carbocycles. The number of nitrogens with one attached hydrogen (secondary N) is 2. The normalized spacial score (nSPS) is 12.2. The Kier molecular flexibility index (Phi) is 6.36. The molecule has 0 aliphatic heterocycles. The molecule has 0 radical (unpaired) electrons. The fourth-order valence-corrected chi connectivity index (χ4v) is 3.49. The lowest BCUT2D eigenvalue weighted by Gasteiger charge is -2.11. The van der Waals surface area contributed by atoms with Crippen LogP contribution in [-0.2, 0) is 23.0 Å². The minimum absolute atomic E-state index is 0.128. The number of aliphatic imine (C=N–C) groups is 1. The molecule has 0 unspecified atom stereocenters. The molecule has 1 heterocycles. The van der Waals surface area contributed by atoms with Crippen LogP contribution >= 0.6 is 11.3 Å². The van der Waals surface area contributed by atoms with Gasteiger partial charge in [-0.15, -0.1) is 11.3 Å². The van der Waals surface area contributed by atoms with Gasteiger partial charge in [0.25, 0.3) is 0 Å². The van der Waals surface area contributed by atoms with Crippen LogP contribution in [0.2, 0.25) is 0 Å². The van der Waals surface area contributed by atoms with Gasteiger partial charge in [-0.05, 0) is 43.2 Å². The van der Waals surface area contributed by atoms with E-state index in [1.165, 1.54) is 21.9 Å². The Morgan fingerprint density at radius 1 is 1.17 bits per heavy atom. The highest BCUT2D eigenvalue weighted by Crippen LogP contribution is 2.14. The van der Waals surface area contributed by atoms with Gasteiger partial charge in [-0.25, -0.2) is 13.6 Å². The van der Waals surface area contributed by atoms with Crippen molar-refractivity contribution in [1.82, 2.24) is 10.6 Å². The standard InChI is InChI=1S/C16H22N4O2S2/c1-12-3-6-14(23-12)11-20-16(18-2)19-10-9-13-4-7-15(8-5-13)24(17,21)22/h3-8H,9-11H2,1-2H3,(H2,17,21,22)(H2,18,19,20). The number of aryl methyl sites for hydroxylation is 1. The van der Waals surface area contributed by atoms with E-state index in [2.05, 4.69) is 34.7 Å². The SMILES string of the molecule is CN=C(NCCc1ccc(S(N)(=O)=O)cc1)NCc1ccc(C)s1. The first kappa shape index (κ1) is 18.4. The van der Waals surface area contributed by atoms with Gasteiger partial charge >= 0.3 is 0 Å². The summed E-state index contributed by atoms with van der Waals surface area (Å²) < 4.78 is 22.4. The van der Waals surface area contributed by atoms with E-state index in [1.54, 1.807) is 30.5 Å². The van der Waals surface area contributed by atoms with E-state index in [4.69, 9.17) is 5.14 Å². The molecule has 0 aliphatic carbocycles. The van der Waals surface area contributed by atoms with Crippen molar-refractivity contribution in [2.24, 2.45) is 10.1 Å². The summed E-state index contributed by atoms with van der Waals surface area (Å²) in [5.74, 6) is 0.738. The van der Waals surface area contributed by atoms with Gasteiger partial charge in [-0.2, -0.15) is 0 Å². The number of nitrogens with two attached hydrogens (primary N) is 1. The predicted molar refractivity (Wildman–Crippen MR) is 98.8 cm³/mol. The molecule has 0 atom stereocenters. The molecule has 24 heavy (non-hydrogen) atoms. The van der Waals surface area contributed by atoms with E-state index in [1.807, 2.05) is 0 Å². The molecule has 0 bridgehead atoms. The molecular formula is C16H22N4O2S2. The highest BCUT2D eigenvalue weighted by Gasteiger charge is 2.06. The average molecular weight is 367 g/mol. The third-order valence-electron chi connectivity index (χ3n) is 3.41. The van der Waals surface area contributed by atoms with Crippen LogP contribution in [0, 0.1) is 6.92 Å². The number of nitrogens with zero attached hydrogens (tertiary/aromatic N) is 1. The molecule has 130 valence electrons. The monoisotopic (exact) mass is 366 g/mol. The number of primary sulfonamides is 1. The largest absolute Gasteiger partial charge is 0.356 e. The van der Waals surface area contributed by atoms with Crippen molar-refractivity contribution in [2.75, 3.05) is 13.6 Å². The van der Waals surface area contributed by atoms with E-state index in [0.29, 0.717) is 6.54 Å². The third kappa shape index (κ3) is 5.63. The van der Waals surface area contributed by atoms with E-state index < -0.39 is 10.0 Å². The number of guanidine groups is 1. The lowest BCUT2D eigenvalue weighted by molar-refractivity contribution is 0.598. The smallest absolute Gasteiger partial charge is 0.238 e. The van der Waals surface area contributed by atoms with E-state index in [-0.39, 0.29) is 4.90 Å². The van der Waals surface area contributed by atoms with Crippen molar-refractivity contribution < 1.29 is 8.42 Å². The molecule has 2 rings (SSSR count). The number of benzene rings is 1. The summed E-state index contributed by atoms with van der Waals surface area (Å²) in [4.78, 5) is 6.87. The van der Waals surface area contributed by atoms with Gasteiger partial charge in [0.1, 0.15) is 0 Å². The lowest BCUT2D eigenvalue weighted by atomic mass is 10.1. The average Bonchev–Trinajstić information content (AvgIpc) is 2.96. The lowest BCUT2D eigenvalue weighted by Crippen LogP contribution is -2.37. The van der Waals surface area contributed by atoms with Crippen LogP contribution in [-0.4, -0.2) is 28.0 Å². The fraction of sp³-hybridized carbons (Fsp3) is 0.312. The first-order chi connectivity index (χ1) is 11.4. The van der Waals surface area contributed by atoms with E-state index in [0.717, 1.165) is 24.5 Å². The van der Waals surface area contributed by atoms with Crippen LogP contribution in [0.3, 0.4) is 0 Å². The van der Waals surface area contributed by atoms with Crippen LogP contribution in [0.1, 0.15) is 15.3 Å². The predicted octanol–water partition coefficient (Wildman–Crippen LogP) is 1.61. The molecule has 0 aliphatic rings. The summed E-state index contributed by atoms with van der Waals surface area (Å²) in [6.45, 7) is 3.52. The van der Waals surface area contributed by atoms with Crippen LogP contribution in [0.15, 0.2) is 46.3 Å². The van der Waals surface area contributed by atoms with E-state index >= 15 is 0 Å². The number of rotatable bonds is 6. The van der Waals surface area contributed by atoms with Gasteiger partial charge in [-0.3, -0.25) is 4.99 Å². The van der Waals surface area contributed by atoms with Gasteiger partial charge in [-0.1, -0.05) is 12.1 Å². The molecule has 1 aromatic heterocycles. The van der Waals surface area contributed by atoms with Gasteiger partial charge in [0.2, 0.25) is 10.0 Å². The molecule has 4 N–H and O–H groups in total. The Bertz CT molecular complexity index is 796. The van der Waals surface area contributed by atoms with Crippen LogP contribution in [0.5, 0.6) is 0 Å². The summed E-state index contributed by atoms with van der Waals surface area (Å²) >= 11 is 1.76. The van der Waals surface area contributed by atoms with E-state index in [9.17, 15) is 8.42 Å². The van der Waals surface area contributed by atoms with Crippen molar-refractivity contribution in [3.63, 3.8) is 0 Å². The maximum absolute atomic E-state index is 11.2. The molecule has 0 saturated heterocycles. The second-order valence-corrected chi connectivity index (χ2v) is 8.24. The minimum atomic E-state index is -3.63. The maximum atomic E-state index is 11.2. The quantitative estimate of drug-likeness (QED) is 0.534. The van der Waals surface area contributed by atoms with Gasteiger partial charge in [0, 0.05) is 23.3 Å². The van der Waals surface area contributed by atoms with Crippen molar-refractivity contribution in [2.45, 2.75) is 24.8 Å². The molecule has 8 heteroatoms.